The maximum absolute atomic E-state index is 12.4. The summed E-state index contributed by atoms with van der Waals surface area (Å²) in [6, 6.07) is 2.95. The van der Waals surface area contributed by atoms with Gasteiger partial charge < -0.3 is 5.73 Å². The minimum absolute atomic E-state index is 0. The SMILES string of the molecule is C=C[C@@H](N)c1ccc(Cl)c(C(F)(F)F)c1.Cl. The lowest BCUT2D eigenvalue weighted by molar-refractivity contribution is -0.137. The molecular formula is C10H10Cl2F3N. The fourth-order valence-electron chi connectivity index (χ4n) is 1.10. The smallest absolute Gasteiger partial charge is 0.321 e. The van der Waals surface area contributed by atoms with Gasteiger partial charge in [-0.15, -0.1) is 19.0 Å². The van der Waals surface area contributed by atoms with Gasteiger partial charge in [0.1, 0.15) is 0 Å². The number of benzene rings is 1. The number of rotatable bonds is 2. The van der Waals surface area contributed by atoms with Crippen molar-refractivity contribution in [2.75, 3.05) is 0 Å². The van der Waals surface area contributed by atoms with Crippen LogP contribution in [0.3, 0.4) is 0 Å². The fourth-order valence-corrected chi connectivity index (χ4v) is 1.33. The zero-order valence-electron chi connectivity index (χ0n) is 8.09. The Morgan fingerprint density at radius 3 is 2.38 bits per heavy atom. The number of halogens is 5. The largest absolute Gasteiger partial charge is 0.417 e. The Balaban J connectivity index is 0.00000225. The van der Waals surface area contributed by atoms with E-state index < -0.39 is 17.8 Å². The molecule has 1 aromatic rings. The van der Waals surface area contributed by atoms with Crippen LogP contribution in [-0.2, 0) is 6.18 Å². The highest BCUT2D eigenvalue weighted by atomic mass is 35.5. The first-order valence-corrected chi connectivity index (χ1v) is 4.49. The van der Waals surface area contributed by atoms with E-state index in [9.17, 15) is 13.2 Å². The highest BCUT2D eigenvalue weighted by Crippen LogP contribution is 2.35. The zero-order chi connectivity index (χ0) is 11.6. The molecule has 2 N–H and O–H groups in total. The highest BCUT2D eigenvalue weighted by Gasteiger charge is 2.33. The molecule has 0 aliphatic rings. The molecule has 0 unspecified atom stereocenters. The topological polar surface area (TPSA) is 26.0 Å². The van der Waals surface area contributed by atoms with Crippen LogP contribution in [0.5, 0.6) is 0 Å². The van der Waals surface area contributed by atoms with Crippen LogP contribution in [0.15, 0.2) is 30.9 Å². The van der Waals surface area contributed by atoms with Crippen molar-refractivity contribution in [3.63, 3.8) is 0 Å². The summed E-state index contributed by atoms with van der Waals surface area (Å²) in [5.41, 5.74) is 4.99. The standard InChI is InChI=1S/C10H9ClF3N.ClH/c1-2-9(15)6-3-4-8(11)7(5-6)10(12,13)14;/h2-5,9H,1,15H2;1H/t9-;/m1./s1. The Morgan fingerprint density at radius 2 is 1.94 bits per heavy atom. The number of alkyl halides is 3. The van der Waals surface area contributed by atoms with Crippen molar-refractivity contribution in [1.82, 2.24) is 0 Å². The molecule has 6 heteroatoms. The monoisotopic (exact) mass is 271 g/mol. The van der Waals surface area contributed by atoms with E-state index in [0.29, 0.717) is 5.56 Å². The molecule has 0 aliphatic heterocycles. The average molecular weight is 272 g/mol. The van der Waals surface area contributed by atoms with Gasteiger partial charge in [0.15, 0.2) is 0 Å². The predicted molar refractivity (Wildman–Crippen MR) is 60.8 cm³/mol. The third kappa shape index (κ3) is 3.40. The maximum atomic E-state index is 12.4. The van der Waals surface area contributed by atoms with E-state index in [-0.39, 0.29) is 17.4 Å². The molecule has 90 valence electrons. The van der Waals surface area contributed by atoms with E-state index in [1.807, 2.05) is 0 Å². The number of hydrogen-bond acceptors (Lipinski definition) is 1. The Bertz CT molecular complexity index is 377. The van der Waals surface area contributed by atoms with Crippen LogP contribution in [0.1, 0.15) is 17.2 Å². The lowest BCUT2D eigenvalue weighted by Gasteiger charge is -2.12. The van der Waals surface area contributed by atoms with E-state index in [1.54, 1.807) is 0 Å². The third-order valence-corrected chi connectivity index (χ3v) is 2.26. The molecule has 1 nitrogen and oxygen atoms in total. The third-order valence-electron chi connectivity index (χ3n) is 1.93. The van der Waals surface area contributed by atoms with Crippen LogP contribution in [-0.4, -0.2) is 0 Å². The molecule has 0 saturated heterocycles. The van der Waals surface area contributed by atoms with Crippen molar-refractivity contribution in [3.05, 3.63) is 47.0 Å². The van der Waals surface area contributed by atoms with Crippen molar-refractivity contribution in [2.45, 2.75) is 12.2 Å². The van der Waals surface area contributed by atoms with E-state index >= 15 is 0 Å². The maximum Gasteiger partial charge on any atom is 0.417 e. The van der Waals surface area contributed by atoms with E-state index in [1.165, 1.54) is 18.2 Å². The van der Waals surface area contributed by atoms with Gasteiger partial charge in [-0.3, -0.25) is 0 Å². The molecule has 0 heterocycles. The second-order valence-corrected chi connectivity index (χ2v) is 3.41. The fraction of sp³-hybridized carbons (Fsp3) is 0.200. The first-order chi connectivity index (χ1) is 6.86. The molecule has 0 fully saturated rings. The Morgan fingerprint density at radius 1 is 1.38 bits per heavy atom. The summed E-state index contributed by atoms with van der Waals surface area (Å²) in [6.45, 7) is 3.41. The van der Waals surface area contributed by atoms with E-state index in [4.69, 9.17) is 17.3 Å². The molecule has 1 rings (SSSR count). The summed E-state index contributed by atoms with van der Waals surface area (Å²) in [5, 5.41) is -0.331. The molecule has 1 atom stereocenters. The minimum Gasteiger partial charge on any atom is -0.321 e. The van der Waals surface area contributed by atoms with Gasteiger partial charge in [0.05, 0.1) is 10.6 Å². The Labute approximate surface area is 102 Å². The van der Waals surface area contributed by atoms with Gasteiger partial charge >= 0.3 is 6.18 Å². The first-order valence-electron chi connectivity index (χ1n) is 4.11. The van der Waals surface area contributed by atoms with Gasteiger partial charge in [0.2, 0.25) is 0 Å². The summed E-state index contributed by atoms with van der Waals surface area (Å²) >= 11 is 5.44. The molecule has 0 radical (unpaired) electrons. The van der Waals surface area contributed by atoms with Crippen LogP contribution in [0.25, 0.3) is 0 Å². The zero-order valence-corrected chi connectivity index (χ0v) is 9.66. The van der Waals surface area contributed by atoms with Gasteiger partial charge in [-0.25, -0.2) is 0 Å². The van der Waals surface area contributed by atoms with Crippen LogP contribution < -0.4 is 5.73 Å². The molecule has 0 spiro atoms. The van der Waals surface area contributed by atoms with Crippen molar-refractivity contribution < 1.29 is 13.2 Å². The predicted octanol–water partition coefficient (Wildman–Crippen LogP) is 3.97. The highest BCUT2D eigenvalue weighted by molar-refractivity contribution is 6.31. The van der Waals surface area contributed by atoms with Gasteiger partial charge in [0.25, 0.3) is 0 Å². The molecule has 0 aliphatic carbocycles. The summed E-state index contributed by atoms with van der Waals surface area (Å²) < 4.78 is 37.3. The molecule has 0 bridgehead atoms. The Kier molecular flexibility index (Phi) is 5.32. The van der Waals surface area contributed by atoms with E-state index in [0.717, 1.165) is 6.07 Å². The van der Waals surface area contributed by atoms with Gasteiger partial charge in [-0.2, -0.15) is 13.2 Å². The molecule has 16 heavy (non-hydrogen) atoms. The van der Waals surface area contributed by atoms with Crippen LogP contribution in [0.4, 0.5) is 13.2 Å². The van der Waals surface area contributed by atoms with Gasteiger partial charge in [-0.05, 0) is 17.7 Å². The molecule has 0 saturated carbocycles. The van der Waals surface area contributed by atoms with Crippen molar-refractivity contribution in [3.8, 4) is 0 Å². The van der Waals surface area contributed by atoms with Gasteiger partial charge in [0, 0.05) is 6.04 Å². The second-order valence-electron chi connectivity index (χ2n) is 3.00. The summed E-state index contributed by atoms with van der Waals surface area (Å²) in [4.78, 5) is 0. The van der Waals surface area contributed by atoms with Crippen LogP contribution in [0, 0.1) is 0 Å². The lowest BCUT2D eigenvalue weighted by Crippen LogP contribution is -2.11. The average Bonchev–Trinajstić information content (AvgIpc) is 2.15. The van der Waals surface area contributed by atoms with Crippen LogP contribution in [0.2, 0.25) is 5.02 Å². The molecule has 0 aromatic heterocycles. The summed E-state index contributed by atoms with van der Waals surface area (Å²) in [5.74, 6) is 0. The van der Waals surface area contributed by atoms with Gasteiger partial charge in [-0.1, -0.05) is 23.7 Å². The number of nitrogens with two attached hydrogens (primary N) is 1. The van der Waals surface area contributed by atoms with Crippen molar-refractivity contribution >= 4 is 24.0 Å². The number of hydrogen-bond donors (Lipinski definition) is 1. The molecule has 1 aromatic carbocycles. The molecular weight excluding hydrogens is 262 g/mol. The second kappa shape index (κ2) is 5.57. The normalized spacial score (nSPS) is 12.8. The Hall–Kier alpha value is -0.710. The quantitative estimate of drug-likeness (QED) is 0.810. The molecule has 0 amide bonds. The lowest BCUT2D eigenvalue weighted by atomic mass is 10.0. The summed E-state index contributed by atoms with van der Waals surface area (Å²) in [6.07, 6.45) is -3.10. The van der Waals surface area contributed by atoms with E-state index in [2.05, 4.69) is 6.58 Å². The first kappa shape index (κ1) is 15.3. The van der Waals surface area contributed by atoms with Crippen molar-refractivity contribution in [2.24, 2.45) is 5.73 Å². The van der Waals surface area contributed by atoms with Crippen LogP contribution >= 0.6 is 24.0 Å². The van der Waals surface area contributed by atoms with Crippen molar-refractivity contribution in [1.29, 1.82) is 0 Å². The summed E-state index contributed by atoms with van der Waals surface area (Å²) in [7, 11) is 0. The minimum atomic E-state index is -4.46.